The van der Waals surface area contributed by atoms with E-state index in [2.05, 4.69) is 4.98 Å². The largest absolute Gasteiger partial charge is 0.494 e. The van der Waals surface area contributed by atoms with E-state index in [-0.39, 0.29) is 33.5 Å². The molecule has 0 bridgehead atoms. The van der Waals surface area contributed by atoms with Gasteiger partial charge in [0.1, 0.15) is 35.0 Å². The Bertz CT molecular complexity index is 1160. The van der Waals surface area contributed by atoms with Crippen molar-refractivity contribution in [3.05, 3.63) is 71.1 Å². The van der Waals surface area contributed by atoms with Crippen LogP contribution in [0.25, 0.3) is 27.9 Å². The van der Waals surface area contributed by atoms with Gasteiger partial charge in [-0.15, -0.1) is 0 Å². The number of methoxy groups -OCH3 is 1. The van der Waals surface area contributed by atoms with Crippen LogP contribution in [-0.2, 0) is 4.74 Å². The molecule has 7 heteroatoms. The summed E-state index contributed by atoms with van der Waals surface area (Å²) in [6.45, 7) is 0. The first-order valence-corrected chi connectivity index (χ1v) is 7.64. The number of rotatable bonds is 3. The van der Waals surface area contributed by atoms with Crippen molar-refractivity contribution in [1.82, 2.24) is 4.98 Å². The summed E-state index contributed by atoms with van der Waals surface area (Å²) < 4.78 is 48.5. The van der Waals surface area contributed by atoms with E-state index in [4.69, 9.17) is 15.3 Å². The molecule has 0 radical (unpaired) electrons. The summed E-state index contributed by atoms with van der Waals surface area (Å²) in [5, 5.41) is 18.2. The Morgan fingerprint density at radius 1 is 1.00 bits per heavy atom. The molecule has 0 N–H and O–H groups in total. The maximum Gasteiger partial charge on any atom is 0.172 e. The van der Waals surface area contributed by atoms with Crippen LogP contribution in [0.15, 0.2) is 48.0 Å². The molecule has 3 aromatic rings. The number of halogens is 3. The summed E-state index contributed by atoms with van der Waals surface area (Å²) in [5.41, 5.74) is -1.30. The SMILES string of the molecule is COC(=C(C#N)C#N)c1ccc2cc(F)c(-c3ccccc3F)nc2c1F. The molecule has 0 atom stereocenters. The molecule has 0 aliphatic rings. The number of nitriles is 2. The summed E-state index contributed by atoms with van der Waals surface area (Å²) in [5.74, 6) is -2.69. The van der Waals surface area contributed by atoms with Crippen molar-refractivity contribution < 1.29 is 17.9 Å². The molecule has 0 unspecified atom stereocenters. The summed E-state index contributed by atoms with van der Waals surface area (Å²) in [6, 6.07) is 12.4. The number of allylic oxidation sites excluding steroid dienone is 1. The van der Waals surface area contributed by atoms with Crippen LogP contribution in [0.1, 0.15) is 5.56 Å². The number of nitrogens with zero attached hydrogens (tertiary/aromatic N) is 3. The lowest BCUT2D eigenvalue weighted by Gasteiger charge is -2.11. The number of ether oxygens (including phenoxy) is 1. The summed E-state index contributed by atoms with van der Waals surface area (Å²) in [7, 11) is 1.19. The lowest BCUT2D eigenvalue weighted by Crippen LogP contribution is -2.00. The second kappa shape index (κ2) is 7.19. The van der Waals surface area contributed by atoms with Gasteiger partial charge in [0.25, 0.3) is 0 Å². The van der Waals surface area contributed by atoms with Crippen LogP contribution >= 0.6 is 0 Å². The summed E-state index contributed by atoms with van der Waals surface area (Å²) in [6.07, 6.45) is 0. The molecule has 0 saturated carbocycles. The van der Waals surface area contributed by atoms with Crippen molar-refractivity contribution in [2.75, 3.05) is 7.11 Å². The molecule has 0 aliphatic carbocycles. The third kappa shape index (κ3) is 3.07. The lowest BCUT2D eigenvalue weighted by atomic mass is 10.0. The van der Waals surface area contributed by atoms with Gasteiger partial charge in [0.2, 0.25) is 0 Å². The zero-order valence-electron chi connectivity index (χ0n) is 13.9. The number of hydrogen-bond donors (Lipinski definition) is 0. The van der Waals surface area contributed by atoms with Crippen molar-refractivity contribution in [3.8, 4) is 23.4 Å². The molecular formula is C20H10F3N3O. The van der Waals surface area contributed by atoms with E-state index < -0.39 is 23.0 Å². The molecule has 1 aromatic heterocycles. The number of fused-ring (bicyclic) bond motifs is 1. The molecule has 0 aliphatic heterocycles. The third-order valence-electron chi connectivity index (χ3n) is 3.91. The normalized spacial score (nSPS) is 10.1. The Morgan fingerprint density at radius 3 is 2.33 bits per heavy atom. The minimum absolute atomic E-state index is 0.112. The molecule has 1 heterocycles. The van der Waals surface area contributed by atoms with Crippen LogP contribution in [0.5, 0.6) is 0 Å². The minimum atomic E-state index is -0.912. The van der Waals surface area contributed by atoms with Crippen LogP contribution < -0.4 is 0 Å². The third-order valence-corrected chi connectivity index (χ3v) is 3.91. The molecular weight excluding hydrogens is 355 g/mol. The van der Waals surface area contributed by atoms with Gasteiger partial charge < -0.3 is 4.74 Å². The summed E-state index contributed by atoms with van der Waals surface area (Å²) in [4.78, 5) is 3.96. The van der Waals surface area contributed by atoms with Gasteiger partial charge >= 0.3 is 0 Å². The first-order valence-electron chi connectivity index (χ1n) is 7.64. The van der Waals surface area contributed by atoms with Gasteiger partial charge in [-0.1, -0.05) is 18.2 Å². The molecule has 4 nitrogen and oxygen atoms in total. The van der Waals surface area contributed by atoms with Gasteiger partial charge in [0.15, 0.2) is 17.1 Å². The quantitative estimate of drug-likeness (QED) is 0.497. The van der Waals surface area contributed by atoms with E-state index in [1.807, 2.05) is 0 Å². The Hall–Kier alpha value is -3.84. The fourth-order valence-electron chi connectivity index (χ4n) is 2.67. The molecule has 27 heavy (non-hydrogen) atoms. The smallest absolute Gasteiger partial charge is 0.172 e. The first kappa shape index (κ1) is 18.0. The predicted octanol–water partition coefficient (Wildman–Crippen LogP) is 4.72. The van der Waals surface area contributed by atoms with Crippen LogP contribution in [0, 0.1) is 40.1 Å². The van der Waals surface area contributed by atoms with Crippen molar-refractivity contribution in [3.63, 3.8) is 0 Å². The van der Waals surface area contributed by atoms with Gasteiger partial charge in [0.05, 0.1) is 12.7 Å². The fraction of sp³-hybridized carbons (Fsp3) is 0.0500. The topological polar surface area (TPSA) is 69.7 Å². The van der Waals surface area contributed by atoms with Crippen LogP contribution in [0.2, 0.25) is 0 Å². The molecule has 0 fully saturated rings. The van der Waals surface area contributed by atoms with Crippen molar-refractivity contribution in [2.45, 2.75) is 0 Å². The fourth-order valence-corrected chi connectivity index (χ4v) is 2.67. The van der Waals surface area contributed by atoms with Crippen LogP contribution in [-0.4, -0.2) is 12.1 Å². The molecule has 2 aromatic carbocycles. The average Bonchev–Trinajstić information content (AvgIpc) is 2.67. The highest BCUT2D eigenvalue weighted by molar-refractivity contribution is 5.86. The van der Waals surface area contributed by atoms with Gasteiger partial charge in [0, 0.05) is 10.9 Å². The highest BCUT2D eigenvalue weighted by atomic mass is 19.1. The van der Waals surface area contributed by atoms with Gasteiger partial charge in [-0.05, 0) is 24.3 Å². The average molecular weight is 365 g/mol. The van der Waals surface area contributed by atoms with Crippen molar-refractivity contribution in [2.24, 2.45) is 0 Å². The van der Waals surface area contributed by atoms with E-state index in [1.54, 1.807) is 12.1 Å². The number of hydrogen-bond acceptors (Lipinski definition) is 4. The van der Waals surface area contributed by atoms with E-state index in [0.717, 1.165) is 12.1 Å². The zero-order chi connectivity index (χ0) is 19.6. The van der Waals surface area contributed by atoms with Crippen molar-refractivity contribution >= 4 is 16.7 Å². The Kier molecular flexibility index (Phi) is 4.78. The molecule has 3 rings (SSSR count). The highest BCUT2D eigenvalue weighted by Crippen LogP contribution is 2.31. The Labute approximate surface area is 152 Å². The maximum absolute atomic E-state index is 15.1. The van der Waals surface area contributed by atoms with Gasteiger partial charge in [-0.25, -0.2) is 18.2 Å². The number of aromatic nitrogens is 1. The highest BCUT2D eigenvalue weighted by Gasteiger charge is 2.20. The van der Waals surface area contributed by atoms with E-state index >= 15 is 4.39 Å². The summed E-state index contributed by atoms with van der Waals surface area (Å²) >= 11 is 0. The van der Waals surface area contributed by atoms with Gasteiger partial charge in [-0.3, -0.25) is 0 Å². The van der Waals surface area contributed by atoms with E-state index in [1.165, 1.54) is 37.4 Å². The number of pyridine rings is 1. The standard InChI is InChI=1S/C20H10F3N3O/c1-27-20(12(9-24)10-25)14-7-6-11-8-16(22)19(26-18(11)17(14)23)13-4-2-3-5-15(13)21/h2-8H,1H3. The predicted molar refractivity (Wildman–Crippen MR) is 92.2 cm³/mol. The van der Waals surface area contributed by atoms with Crippen LogP contribution in [0.3, 0.4) is 0 Å². The molecule has 0 spiro atoms. The van der Waals surface area contributed by atoms with Crippen molar-refractivity contribution in [1.29, 1.82) is 10.5 Å². The second-order valence-electron chi connectivity index (χ2n) is 5.43. The van der Waals surface area contributed by atoms with Gasteiger partial charge in [-0.2, -0.15) is 10.5 Å². The zero-order valence-corrected chi connectivity index (χ0v) is 13.9. The minimum Gasteiger partial charge on any atom is -0.494 e. The molecule has 0 amide bonds. The first-order chi connectivity index (χ1) is 13.0. The maximum atomic E-state index is 15.1. The van der Waals surface area contributed by atoms with Crippen LogP contribution in [0.4, 0.5) is 13.2 Å². The second-order valence-corrected chi connectivity index (χ2v) is 5.43. The number of benzene rings is 2. The molecule has 0 saturated heterocycles. The lowest BCUT2D eigenvalue weighted by molar-refractivity contribution is 0.366. The monoisotopic (exact) mass is 365 g/mol. The molecule has 132 valence electrons. The van der Waals surface area contributed by atoms with E-state index in [9.17, 15) is 8.78 Å². The Morgan fingerprint density at radius 2 is 1.70 bits per heavy atom. The Balaban J connectivity index is 2.33. The van der Waals surface area contributed by atoms with E-state index in [0.29, 0.717) is 0 Å².